The summed E-state index contributed by atoms with van der Waals surface area (Å²) in [5.74, 6) is 0.403. The Kier molecular flexibility index (Phi) is 2.30. The van der Waals surface area contributed by atoms with Crippen molar-refractivity contribution in [2.45, 2.75) is 0 Å². The highest BCUT2D eigenvalue weighted by Crippen LogP contribution is 2.26. The second kappa shape index (κ2) is 3.84. The molecule has 3 nitrogen and oxygen atoms in total. The number of aryl methyl sites for hydroxylation is 1. The monoisotopic (exact) mass is 241 g/mol. The molecule has 0 unspecified atom stereocenters. The molecule has 18 heavy (non-hydrogen) atoms. The van der Waals surface area contributed by atoms with Crippen LogP contribution in [0, 0.1) is 5.82 Å². The van der Waals surface area contributed by atoms with Gasteiger partial charge in [-0.1, -0.05) is 18.2 Å². The number of nitrogens with two attached hydrogens (primary N) is 1. The smallest absolute Gasteiger partial charge is 0.151 e. The first-order chi connectivity index (χ1) is 8.66. The number of para-hydroxylation sites is 1. The SMILES string of the molecule is Cn1c(-c2cccc(N)c2)nc2c(F)cccc21. The van der Waals surface area contributed by atoms with E-state index in [0.29, 0.717) is 17.0 Å². The van der Waals surface area contributed by atoms with Gasteiger partial charge in [0.1, 0.15) is 11.3 Å². The zero-order valence-corrected chi connectivity index (χ0v) is 9.89. The molecule has 0 amide bonds. The quantitative estimate of drug-likeness (QED) is 0.666. The van der Waals surface area contributed by atoms with Crippen LogP contribution in [0.5, 0.6) is 0 Å². The Morgan fingerprint density at radius 2 is 1.94 bits per heavy atom. The number of imidazole rings is 1. The van der Waals surface area contributed by atoms with E-state index in [4.69, 9.17) is 5.73 Å². The second-order valence-electron chi connectivity index (χ2n) is 4.23. The normalized spacial score (nSPS) is 11.0. The molecule has 1 heterocycles. The molecule has 0 radical (unpaired) electrons. The molecule has 2 aromatic carbocycles. The van der Waals surface area contributed by atoms with E-state index < -0.39 is 0 Å². The number of nitrogens with zero attached hydrogens (tertiary/aromatic N) is 2. The fourth-order valence-electron chi connectivity index (χ4n) is 2.12. The van der Waals surface area contributed by atoms with Gasteiger partial charge < -0.3 is 10.3 Å². The molecule has 0 bridgehead atoms. The van der Waals surface area contributed by atoms with Gasteiger partial charge in [-0.15, -0.1) is 0 Å². The summed E-state index contributed by atoms with van der Waals surface area (Å²) >= 11 is 0. The molecule has 3 aromatic rings. The van der Waals surface area contributed by atoms with Gasteiger partial charge in [0.2, 0.25) is 0 Å². The van der Waals surface area contributed by atoms with Crippen LogP contribution in [0.15, 0.2) is 42.5 Å². The molecule has 0 saturated carbocycles. The van der Waals surface area contributed by atoms with Gasteiger partial charge in [-0.25, -0.2) is 9.37 Å². The van der Waals surface area contributed by atoms with Crippen molar-refractivity contribution in [3.05, 3.63) is 48.3 Å². The van der Waals surface area contributed by atoms with Gasteiger partial charge >= 0.3 is 0 Å². The summed E-state index contributed by atoms with van der Waals surface area (Å²) in [7, 11) is 1.87. The topological polar surface area (TPSA) is 43.8 Å². The predicted octanol–water partition coefficient (Wildman–Crippen LogP) is 2.96. The van der Waals surface area contributed by atoms with Crippen LogP contribution in [-0.4, -0.2) is 9.55 Å². The molecule has 0 fully saturated rings. The average molecular weight is 241 g/mol. The van der Waals surface area contributed by atoms with Crippen molar-refractivity contribution >= 4 is 16.7 Å². The van der Waals surface area contributed by atoms with E-state index in [9.17, 15) is 4.39 Å². The van der Waals surface area contributed by atoms with Crippen LogP contribution < -0.4 is 5.73 Å². The average Bonchev–Trinajstić information content (AvgIpc) is 2.69. The first-order valence-corrected chi connectivity index (χ1v) is 5.63. The van der Waals surface area contributed by atoms with E-state index in [1.54, 1.807) is 6.07 Å². The molecule has 0 spiro atoms. The van der Waals surface area contributed by atoms with E-state index >= 15 is 0 Å². The number of benzene rings is 2. The number of hydrogen-bond donors (Lipinski definition) is 1. The van der Waals surface area contributed by atoms with E-state index in [-0.39, 0.29) is 5.82 Å². The Morgan fingerprint density at radius 3 is 2.67 bits per heavy atom. The number of fused-ring (bicyclic) bond motifs is 1. The van der Waals surface area contributed by atoms with Crippen LogP contribution in [0.3, 0.4) is 0 Å². The maximum Gasteiger partial charge on any atom is 0.151 e. The van der Waals surface area contributed by atoms with Gasteiger partial charge in [0.15, 0.2) is 5.82 Å². The number of rotatable bonds is 1. The number of hydrogen-bond acceptors (Lipinski definition) is 2. The van der Waals surface area contributed by atoms with Crippen molar-refractivity contribution in [3.8, 4) is 11.4 Å². The minimum absolute atomic E-state index is 0.307. The van der Waals surface area contributed by atoms with Crippen molar-refractivity contribution in [1.82, 2.24) is 9.55 Å². The fraction of sp³-hybridized carbons (Fsp3) is 0.0714. The molecular formula is C14H12FN3. The Balaban J connectivity index is 2.30. The molecule has 0 atom stereocenters. The minimum atomic E-state index is -0.307. The van der Waals surface area contributed by atoms with Crippen LogP contribution in [0.1, 0.15) is 0 Å². The van der Waals surface area contributed by atoms with Crippen molar-refractivity contribution in [2.24, 2.45) is 7.05 Å². The number of anilines is 1. The third-order valence-corrected chi connectivity index (χ3v) is 3.01. The van der Waals surface area contributed by atoms with E-state index in [2.05, 4.69) is 4.98 Å². The zero-order chi connectivity index (χ0) is 12.7. The van der Waals surface area contributed by atoms with Gasteiger partial charge in [-0.2, -0.15) is 0 Å². The molecular weight excluding hydrogens is 229 g/mol. The lowest BCUT2D eigenvalue weighted by Gasteiger charge is -2.03. The van der Waals surface area contributed by atoms with Gasteiger partial charge in [0.25, 0.3) is 0 Å². The molecule has 0 saturated heterocycles. The van der Waals surface area contributed by atoms with E-state index in [0.717, 1.165) is 11.1 Å². The molecule has 3 rings (SSSR count). The molecule has 1 aromatic heterocycles. The van der Waals surface area contributed by atoms with E-state index in [1.807, 2.05) is 41.9 Å². The summed E-state index contributed by atoms with van der Waals surface area (Å²) < 4.78 is 15.5. The maximum absolute atomic E-state index is 13.7. The largest absolute Gasteiger partial charge is 0.399 e. The predicted molar refractivity (Wildman–Crippen MR) is 70.5 cm³/mol. The summed E-state index contributed by atoms with van der Waals surface area (Å²) in [5, 5.41) is 0. The van der Waals surface area contributed by atoms with Crippen molar-refractivity contribution in [1.29, 1.82) is 0 Å². The molecule has 2 N–H and O–H groups in total. The van der Waals surface area contributed by atoms with Crippen molar-refractivity contribution < 1.29 is 4.39 Å². The van der Waals surface area contributed by atoms with E-state index in [1.165, 1.54) is 6.07 Å². The summed E-state index contributed by atoms with van der Waals surface area (Å²) in [6.07, 6.45) is 0. The summed E-state index contributed by atoms with van der Waals surface area (Å²) in [6, 6.07) is 12.4. The lowest BCUT2D eigenvalue weighted by atomic mass is 10.2. The highest BCUT2D eigenvalue weighted by Gasteiger charge is 2.12. The van der Waals surface area contributed by atoms with Crippen LogP contribution in [0.25, 0.3) is 22.4 Å². The molecule has 0 aliphatic rings. The molecule has 90 valence electrons. The highest BCUT2D eigenvalue weighted by atomic mass is 19.1. The number of nitrogen functional groups attached to an aromatic ring is 1. The third kappa shape index (κ3) is 1.54. The Labute approximate surface area is 104 Å². The highest BCUT2D eigenvalue weighted by molar-refractivity contribution is 5.81. The lowest BCUT2D eigenvalue weighted by molar-refractivity contribution is 0.637. The third-order valence-electron chi connectivity index (χ3n) is 3.01. The minimum Gasteiger partial charge on any atom is -0.399 e. The molecule has 0 aliphatic heterocycles. The molecule has 4 heteroatoms. The van der Waals surface area contributed by atoms with Gasteiger partial charge in [0.05, 0.1) is 5.52 Å². The summed E-state index contributed by atoms with van der Waals surface area (Å²) in [5.41, 5.74) is 8.47. The van der Waals surface area contributed by atoms with Crippen LogP contribution in [0.2, 0.25) is 0 Å². The number of aromatic nitrogens is 2. The molecule has 0 aliphatic carbocycles. The zero-order valence-electron chi connectivity index (χ0n) is 9.89. The first-order valence-electron chi connectivity index (χ1n) is 5.63. The van der Waals surface area contributed by atoms with Crippen LogP contribution >= 0.6 is 0 Å². The van der Waals surface area contributed by atoms with Crippen LogP contribution in [-0.2, 0) is 7.05 Å². The Hall–Kier alpha value is -2.36. The van der Waals surface area contributed by atoms with Gasteiger partial charge in [0, 0.05) is 18.3 Å². The van der Waals surface area contributed by atoms with Gasteiger partial charge in [-0.05, 0) is 24.3 Å². The summed E-state index contributed by atoms with van der Waals surface area (Å²) in [4.78, 5) is 4.36. The standard InChI is InChI=1S/C14H12FN3/c1-18-12-7-3-6-11(15)13(12)17-14(18)9-4-2-5-10(16)8-9/h2-8H,16H2,1H3. The lowest BCUT2D eigenvalue weighted by Crippen LogP contribution is -1.93. The maximum atomic E-state index is 13.7. The Morgan fingerprint density at radius 1 is 1.17 bits per heavy atom. The number of halogens is 1. The van der Waals surface area contributed by atoms with Gasteiger partial charge in [-0.3, -0.25) is 0 Å². The van der Waals surface area contributed by atoms with Crippen molar-refractivity contribution in [2.75, 3.05) is 5.73 Å². The Bertz CT molecular complexity index is 731. The summed E-state index contributed by atoms with van der Waals surface area (Å²) in [6.45, 7) is 0. The first kappa shape index (κ1) is 10.8. The van der Waals surface area contributed by atoms with Crippen molar-refractivity contribution in [3.63, 3.8) is 0 Å². The fourth-order valence-corrected chi connectivity index (χ4v) is 2.12. The van der Waals surface area contributed by atoms with Crippen LogP contribution in [0.4, 0.5) is 10.1 Å². The second-order valence-corrected chi connectivity index (χ2v) is 4.23.